The van der Waals surface area contributed by atoms with E-state index in [1.54, 1.807) is 24.3 Å². The number of nitrogens with zero attached hydrogens (tertiary/aromatic N) is 1. The van der Waals surface area contributed by atoms with Gasteiger partial charge in [-0.1, -0.05) is 30.3 Å². The van der Waals surface area contributed by atoms with Gasteiger partial charge in [-0.15, -0.1) is 0 Å². The molecule has 2 aromatic rings. The molecule has 1 aliphatic heterocycles. The average molecular weight is 345 g/mol. The Labute approximate surface area is 141 Å². The standard InChI is InChI=1S/C18H19NO4S/c1-13-12-15-4-2-3-5-17(15)19(13)24(22,23)16-9-6-14(7-10-16)8-11-18(20)21/h2-7,9-10,13H,8,11-12H2,1H3,(H,20,21). The van der Waals surface area contributed by atoms with Crippen molar-refractivity contribution in [1.29, 1.82) is 0 Å². The van der Waals surface area contributed by atoms with E-state index in [0.717, 1.165) is 16.8 Å². The molecule has 2 aromatic carbocycles. The summed E-state index contributed by atoms with van der Waals surface area (Å²) in [7, 11) is -3.63. The van der Waals surface area contributed by atoms with E-state index in [1.807, 2.05) is 31.2 Å². The van der Waals surface area contributed by atoms with Crippen LogP contribution in [0.15, 0.2) is 53.4 Å². The van der Waals surface area contributed by atoms with Crippen LogP contribution in [0, 0.1) is 0 Å². The van der Waals surface area contributed by atoms with Gasteiger partial charge in [-0.25, -0.2) is 8.42 Å². The molecule has 3 rings (SSSR count). The SMILES string of the molecule is CC1Cc2ccccc2N1S(=O)(=O)c1ccc(CCC(=O)O)cc1. The lowest BCUT2D eigenvalue weighted by atomic mass is 10.1. The number of rotatable bonds is 5. The monoisotopic (exact) mass is 345 g/mol. The lowest BCUT2D eigenvalue weighted by Crippen LogP contribution is -2.35. The van der Waals surface area contributed by atoms with E-state index in [0.29, 0.717) is 12.8 Å². The first-order valence-electron chi connectivity index (χ1n) is 7.82. The highest BCUT2D eigenvalue weighted by atomic mass is 32.2. The number of hydrogen-bond acceptors (Lipinski definition) is 3. The number of aliphatic carboxylic acids is 1. The Morgan fingerprint density at radius 2 is 1.83 bits per heavy atom. The molecule has 0 radical (unpaired) electrons. The Hall–Kier alpha value is -2.34. The third kappa shape index (κ3) is 3.01. The van der Waals surface area contributed by atoms with Crippen LogP contribution < -0.4 is 4.31 Å². The van der Waals surface area contributed by atoms with Gasteiger partial charge in [0.1, 0.15) is 0 Å². The summed E-state index contributed by atoms with van der Waals surface area (Å²) in [5.74, 6) is -0.866. The van der Waals surface area contributed by atoms with Gasteiger partial charge in [0.2, 0.25) is 0 Å². The Morgan fingerprint density at radius 1 is 1.17 bits per heavy atom. The molecule has 126 valence electrons. The van der Waals surface area contributed by atoms with Crippen LogP contribution in [0.3, 0.4) is 0 Å². The first-order valence-corrected chi connectivity index (χ1v) is 9.26. The number of para-hydroxylation sites is 1. The van der Waals surface area contributed by atoms with E-state index in [1.165, 1.54) is 4.31 Å². The van der Waals surface area contributed by atoms with Crippen LogP contribution in [0.1, 0.15) is 24.5 Å². The van der Waals surface area contributed by atoms with Gasteiger partial charge in [-0.3, -0.25) is 9.10 Å². The minimum absolute atomic E-state index is 0.0304. The number of fused-ring (bicyclic) bond motifs is 1. The molecule has 1 heterocycles. The van der Waals surface area contributed by atoms with Crippen LogP contribution >= 0.6 is 0 Å². The van der Waals surface area contributed by atoms with Gasteiger partial charge in [0, 0.05) is 12.5 Å². The number of sulfonamides is 1. The van der Waals surface area contributed by atoms with Crippen LogP contribution in [0.2, 0.25) is 0 Å². The van der Waals surface area contributed by atoms with Crippen molar-refractivity contribution in [3.8, 4) is 0 Å². The smallest absolute Gasteiger partial charge is 0.303 e. The fourth-order valence-electron chi connectivity index (χ4n) is 3.10. The topological polar surface area (TPSA) is 74.7 Å². The predicted molar refractivity (Wildman–Crippen MR) is 91.7 cm³/mol. The van der Waals surface area contributed by atoms with Crippen LogP contribution in [0.25, 0.3) is 0 Å². The Balaban J connectivity index is 1.90. The molecule has 0 bridgehead atoms. The number of hydrogen-bond donors (Lipinski definition) is 1. The van der Waals surface area contributed by atoms with E-state index in [-0.39, 0.29) is 17.4 Å². The Bertz CT molecular complexity index is 859. The summed E-state index contributed by atoms with van der Waals surface area (Å²) in [5.41, 5.74) is 2.58. The van der Waals surface area contributed by atoms with Crippen molar-refractivity contribution in [2.24, 2.45) is 0 Å². The molecule has 0 saturated carbocycles. The van der Waals surface area contributed by atoms with Gasteiger partial charge in [-0.05, 0) is 49.1 Å². The minimum atomic E-state index is -3.63. The molecule has 0 saturated heterocycles. The Kier molecular flexibility index (Phi) is 4.32. The highest BCUT2D eigenvalue weighted by molar-refractivity contribution is 7.92. The quantitative estimate of drug-likeness (QED) is 0.904. The normalized spacial score (nSPS) is 16.9. The van der Waals surface area contributed by atoms with Gasteiger partial charge in [0.25, 0.3) is 10.0 Å². The second-order valence-electron chi connectivity index (χ2n) is 6.02. The molecule has 1 aliphatic rings. The number of aryl methyl sites for hydroxylation is 1. The van der Waals surface area contributed by atoms with Crippen molar-refractivity contribution in [1.82, 2.24) is 0 Å². The largest absolute Gasteiger partial charge is 0.481 e. The van der Waals surface area contributed by atoms with Gasteiger partial charge in [-0.2, -0.15) is 0 Å². The molecule has 0 fully saturated rings. The molecule has 1 atom stereocenters. The summed E-state index contributed by atoms with van der Waals surface area (Å²) < 4.78 is 27.5. The van der Waals surface area contributed by atoms with E-state index in [2.05, 4.69) is 0 Å². The molecular weight excluding hydrogens is 326 g/mol. The zero-order valence-electron chi connectivity index (χ0n) is 13.3. The zero-order valence-corrected chi connectivity index (χ0v) is 14.2. The van der Waals surface area contributed by atoms with E-state index in [4.69, 9.17) is 5.11 Å². The molecular formula is C18H19NO4S. The molecule has 0 aromatic heterocycles. The summed E-state index contributed by atoms with van der Waals surface area (Å²) >= 11 is 0. The molecule has 6 heteroatoms. The van der Waals surface area contributed by atoms with Crippen LogP contribution in [0.4, 0.5) is 5.69 Å². The maximum Gasteiger partial charge on any atom is 0.303 e. The number of carbonyl (C=O) groups is 1. The molecule has 0 spiro atoms. The Morgan fingerprint density at radius 3 is 2.50 bits per heavy atom. The van der Waals surface area contributed by atoms with Crippen molar-refractivity contribution in [2.45, 2.75) is 37.1 Å². The molecule has 1 N–H and O–H groups in total. The van der Waals surface area contributed by atoms with E-state index < -0.39 is 16.0 Å². The first-order chi connectivity index (χ1) is 11.4. The summed E-state index contributed by atoms with van der Waals surface area (Å²) in [5, 5.41) is 8.72. The maximum atomic E-state index is 13.0. The summed E-state index contributed by atoms with van der Waals surface area (Å²) in [6, 6.07) is 13.9. The van der Waals surface area contributed by atoms with Gasteiger partial charge in [0.15, 0.2) is 0 Å². The lowest BCUT2D eigenvalue weighted by molar-refractivity contribution is -0.136. The maximum absolute atomic E-state index is 13.0. The number of benzene rings is 2. The highest BCUT2D eigenvalue weighted by Crippen LogP contribution is 2.36. The third-order valence-corrected chi connectivity index (χ3v) is 6.19. The molecule has 5 nitrogen and oxygen atoms in total. The van der Waals surface area contributed by atoms with Crippen LogP contribution in [-0.2, 0) is 27.7 Å². The second-order valence-corrected chi connectivity index (χ2v) is 7.84. The zero-order chi connectivity index (χ0) is 17.3. The van der Waals surface area contributed by atoms with Crippen molar-refractivity contribution < 1.29 is 18.3 Å². The minimum Gasteiger partial charge on any atom is -0.481 e. The highest BCUT2D eigenvalue weighted by Gasteiger charge is 2.35. The van der Waals surface area contributed by atoms with Crippen molar-refractivity contribution in [3.63, 3.8) is 0 Å². The fraction of sp³-hybridized carbons (Fsp3) is 0.278. The summed E-state index contributed by atoms with van der Waals surface area (Å²) in [6.07, 6.45) is 1.12. The second kappa shape index (κ2) is 6.28. The fourth-order valence-corrected chi connectivity index (χ4v) is 4.79. The lowest BCUT2D eigenvalue weighted by Gasteiger charge is -2.24. The summed E-state index contributed by atoms with van der Waals surface area (Å²) in [4.78, 5) is 10.9. The summed E-state index contributed by atoms with van der Waals surface area (Å²) in [6.45, 7) is 1.90. The number of anilines is 1. The number of carboxylic acids is 1. The molecule has 0 aliphatic carbocycles. The van der Waals surface area contributed by atoms with Gasteiger partial charge >= 0.3 is 5.97 Å². The molecule has 24 heavy (non-hydrogen) atoms. The first kappa shape index (κ1) is 16.5. The van der Waals surface area contributed by atoms with Crippen LogP contribution in [-0.4, -0.2) is 25.5 Å². The number of carboxylic acid groups (broad SMARTS) is 1. The van der Waals surface area contributed by atoms with E-state index >= 15 is 0 Å². The van der Waals surface area contributed by atoms with Crippen LogP contribution in [0.5, 0.6) is 0 Å². The third-order valence-electron chi connectivity index (χ3n) is 4.25. The molecule has 1 unspecified atom stereocenters. The van der Waals surface area contributed by atoms with E-state index in [9.17, 15) is 13.2 Å². The molecule has 0 amide bonds. The predicted octanol–water partition coefficient (Wildman–Crippen LogP) is 2.84. The van der Waals surface area contributed by atoms with Crippen molar-refractivity contribution >= 4 is 21.7 Å². The van der Waals surface area contributed by atoms with Gasteiger partial charge in [0.05, 0.1) is 10.6 Å². The average Bonchev–Trinajstić information content (AvgIpc) is 2.89. The van der Waals surface area contributed by atoms with Crippen molar-refractivity contribution in [3.05, 3.63) is 59.7 Å². The van der Waals surface area contributed by atoms with Gasteiger partial charge < -0.3 is 5.11 Å². The van der Waals surface area contributed by atoms with Crippen molar-refractivity contribution in [2.75, 3.05) is 4.31 Å².